The van der Waals surface area contributed by atoms with E-state index in [1.54, 1.807) is 6.92 Å². The first-order valence-electron chi connectivity index (χ1n) is 5.06. The maximum absolute atomic E-state index is 12.9. The summed E-state index contributed by atoms with van der Waals surface area (Å²) in [5.74, 6) is -5.08. The van der Waals surface area contributed by atoms with Crippen molar-refractivity contribution >= 4 is 5.91 Å². The Morgan fingerprint density at radius 2 is 1.82 bits per heavy atom. The average molecular weight is 247 g/mol. The van der Waals surface area contributed by atoms with Crippen molar-refractivity contribution in [1.29, 1.82) is 0 Å². The third-order valence-electron chi connectivity index (χ3n) is 2.27. The summed E-state index contributed by atoms with van der Waals surface area (Å²) in [6, 6.07) is 1.28. The van der Waals surface area contributed by atoms with Crippen molar-refractivity contribution in [2.24, 2.45) is 0 Å². The van der Waals surface area contributed by atoms with Gasteiger partial charge in [0.1, 0.15) is 0 Å². The predicted molar refractivity (Wildman–Crippen MR) is 55.0 cm³/mol. The van der Waals surface area contributed by atoms with Gasteiger partial charge in [0, 0.05) is 18.7 Å². The molecule has 0 heterocycles. The molecule has 1 aromatic carbocycles. The first-order valence-corrected chi connectivity index (χ1v) is 5.06. The van der Waals surface area contributed by atoms with E-state index in [2.05, 4.69) is 0 Å². The van der Waals surface area contributed by atoms with Crippen LogP contribution in [0.1, 0.15) is 17.3 Å². The first kappa shape index (κ1) is 13.5. The molecule has 1 N–H and O–H groups in total. The van der Waals surface area contributed by atoms with E-state index >= 15 is 0 Å². The van der Waals surface area contributed by atoms with Crippen LogP contribution in [-0.2, 0) is 0 Å². The molecule has 0 radical (unpaired) electrons. The van der Waals surface area contributed by atoms with Gasteiger partial charge in [0.2, 0.25) is 0 Å². The quantitative estimate of drug-likeness (QED) is 0.820. The topological polar surface area (TPSA) is 40.5 Å². The largest absolute Gasteiger partial charge is 0.395 e. The van der Waals surface area contributed by atoms with Crippen molar-refractivity contribution < 1.29 is 23.1 Å². The summed E-state index contributed by atoms with van der Waals surface area (Å²) in [4.78, 5) is 12.9. The van der Waals surface area contributed by atoms with Gasteiger partial charge >= 0.3 is 0 Å². The van der Waals surface area contributed by atoms with Gasteiger partial charge in [-0.25, -0.2) is 13.2 Å². The Kier molecular flexibility index (Phi) is 4.51. The van der Waals surface area contributed by atoms with Gasteiger partial charge in [0.25, 0.3) is 5.91 Å². The van der Waals surface area contributed by atoms with E-state index in [1.807, 2.05) is 0 Å². The number of hydrogen-bond donors (Lipinski definition) is 1. The fourth-order valence-corrected chi connectivity index (χ4v) is 1.39. The smallest absolute Gasteiger partial charge is 0.254 e. The minimum Gasteiger partial charge on any atom is -0.395 e. The third-order valence-corrected chi connectivity index (χ3v) is 2.27. The normalized spacial score (nSPS) is 10.4. The van der Waals surface area contributed by atoms with Crippen LogP contribution in [0.5, 0.6) is 0 Å². The summed E-state index contributed by atoms with van der Waals surface area (Å²) in [7, 11) is 0. The summed E-state index contributed by atoms with van der Waals surface area (Å²) in [5.41, 5.74) is -0.281. The molecule has 0 atom stereocenters. The zero-order valence-electron chi connectivity index (χ0n) is 9.21. The lowest BCUT2D eigenvalue weighted by molar-refractivity contribution is 0.0730. The summed E-state index contributed by atoms with van der Waals surface area (Å²) in [6.45, 7) is 1.73. The van der Waals surface area contributed by atoms with Gasteiger partial charge in [-0.1, -0.05) is 0 Å². The van der Waals surface area contributed by atoms with Gasteiger partial charge in [-0.3, -0.25) is 4.79 Å². The molecule has 6 heteroatoms. The number of nitrogens with zero attached hydrogens (tertiary/aromatic N) is 1. The molecule has 3 nitrogen and oxygen atoms in total. The number of aliphatic hydroxyl groups is 1. The van der Waals surface area contributed by atoms with Crippen LogP contribution in [0.3, 0.4) is 0 Å². The fourth-order valence-electron chi connectivity index (χ4n) is 1.39. The van der Waals surface area contributed by atoms with Crippen molar-refractivity contribution in [3.8, 4) is 0 Å². The second kappa shape index (κ2) is 5.67. The van der Waals surface area contributed by atoms with E-state index in [-0.39, 0.29) is 25.3 Å². The molecule has 0 saturated carbocycles. The fraction of sp³-hybridized carbons (Fsp3) is 0.364. The van der Waals surface area contributed by atoms with Crippen LogP contribution in [-0.4, -0.2) is 35.6 Å². The number of aliphatic hydroxyl groups excluding tert-OH is 1. The lowest BCUT2D eigenvalue weighted by atomic mass is 10.1. The SMILES string of the molecule is CCN(CCO)C(=O)c1cc(F)c(F)c(F)c1. The number of rotatable bonds is 4. The molecule has 0 fully saturated rings. The lowest BCUT2D eigenvalue weighted by Gasteiger charge is -2.19. The van der Waals surface area contributed by atoms with Gasteiger partial charge in [-0.15, -0.1) is 0 Å². The number of carbonyl (C=O) groups is 1. The van der Waals surface area contributed by atoms with Crippen molar-refractivity contribution in [3.05, 3.63) is 35.1 Å². The monoisotopic (exact) mass is 247 g/mol. The summed E-state index contributed by atoms with van der Waals surface area (Å²) >= 11 is 0. The Bertz CT molecular complexity index is 400. The predicted octanol–water partition coefficient (Wildman–Crippen LogP) is 1.56. The van der Waals surface area contributed by atoms with Crippen LogP contribution >= 0.6 is 0 Å². The van der Waals surface area contributed by atoms with Crippen molar-refractivity contribution in [2.45, 2.75) is 6.92 Å². The highest BCUT2D eigenvalue weighted by Gasteiger charge is 2.18. The molecule has 1 aromatic rings. The number of benzene rings is 1. The van der Waals surface area contributed by atoms with Crippen LogP contribution in [0.2, 0.25) is 0 Å². The minimum absolute atomic E-state index is 0.0515. The molecule has 0 aliphatic heterocycles. The minimum atomic E-state index is -1.60. The van der Waals surface area contributed by atoms with Crippen LogP contribution < -0.4 is 0 Å². The Hall–Kier alpha value is -1.56. The van der Waals surface area contributed by atoms with Crippen LogP contribution in [0.25, 0.3) is 0 Å². The highest BCUT2D eigenvalue weighted by Crippen LogP contribution is 2.15. The van der Waals surface area contributed by atoms with Crippen molar-refractivity contribution in [2.75, 3.05) is 19.7 Å². The molecule has 0 saturated heterocycles. The van der Waals surface area contributed by atoms with Gasteiger partial charge < -0.3 is 10.0 Å². The highest BCUT2D eigenvalue weighted by molar-refractivity contribution is 5.94. The first-order chi connectivity index (χ1) is 8.01. The molecule has 0 bridgehead atoms. The third kappa shape index (κ3) is 2.97. The highest BCUT2D eigenvalue weighted by atomic mass is 19.2. The molecule has 0 aliphatic rings. The molecule has 1 amide bonds. The van der Waals surface area contributed by atoms with E-state index in [0.717, 1.165) is 0 Å². The maximum Gasteiger partial charge on any atom is 0.254 e. The zero-order valence-corrected chi connectivity index (χ0v) is 9.21. The molecule has 17 heavy (non-hydrogen) atoms. The molecule has 0 unspecified atom stereocenters. The van der Waals surface area contributed by atoms with Crippen LogP contribution in [0.4, 0.5) is 13.2 Å². The van der Waals surface area contributed by atoms with E-state index < -0.39 is 23.4 Å². The van der Waals surface area contributed by atoms with Crippen molar-refractivity contribution in [1.82, 2.24) is 4.90 Å². The van der Waals surface area contributed by atoms with E-state index in [4.69, 9.17) is 5.11 Å². The van der Waals surface area contributed by atoms with Crippen LogP contribution in [0.15, 0.2) is 12.1 Å². The summed E-state index contributed by atoms with van der Waals surface area (Å²) in [6.07, 6.45) is 0. The molecular formula is C11H12F3NO2. The van der Waals surface area contributed by atoms with Crippen LogP contribution in [0, 0.1) is 17.5 Å². The second-order valence-electron chi connectivity index (χ2n) is 3.36. The number of amides is 1. The van der Waals surface area contributed by atoms with Gasteiger partial charge in [-0.2, -0.15) is 0 Å². The number of likely N-dealkylation sites (N-methyl/N-ethyl adjacent to an activating group) is 1. The van der Waals surface area contributed by atoms with Gasteiger partial charge in [0.05, 0.1) is 6.61 Å². The zero-order chi connectivity index (χ0) is 13.0. The molecule has 0 aliphatic carbocycles. The Morgan fingerprint density at radius 1 is 1.29 bits per heavy atom. The van der Waals surface area contributed by atoms with Gasteiger partial charge in [-0.05, 0) is 19.1 Å². The molecule has 1 rings (SSSR count). The standard InChI is InChI=1S/C11H12F3NO2/c1-2-15(3-4-16)11(17)7-5-8(12)10(14)9(13)6-7/h5-6,16H,2-4H2,1H3. The number of halogens is 3. The maximum atomic E-state index is 12.9. The molecular weight excluding hydrogens is 235 g/mol. The average Bonchev–Trinajstić information content (AvgIpc) is 2.31. The summed E-state index contributed by atoms with van der Waals surface area (Å²) < 4.78 is 38.5. The summed E-state index contributed by atoms with van der Waals surface area (Å²) in [5, 5.41) is 8.71. The van der Waals surface area contributed by atoms with Gasteiger partial charge in [0.15, 0.2) is 17.5 Å². The molecule has 0 spiro atoms. The lowest BCUT2D eigenvalue weighted by Crippen LogP contribution is -2.33. The van der Waals surface area contributed by atoms with E-state index in [1.165, 1.54) is 4.90 Å². The molecule has 0 aromatic heterocycles. The Morgan fingerprint density at radius 3 is 2.24 bits per heavy atom. The van der Waals surface area contributed by atoms with E-state index in [0.29, 0.717) is 12.1 Å². The van der Waals surface area contributed by atoms with E-state index in [9.17, 15) is 18.0 Å². The number of carbonyl (C=O) groups excluding carboxylic acids is 1. The molecule has 94 valence electrons. The van der Waals surface area contributed by atoms with Crippen molar-refractivity contribution in [3.63, 3.8) is 0 Å². The second-order valence-corrected chi connectivity index (χ2v) is 3.36. The Labute approximate surface area is 96.5 Å². The Balaban J connectivity index is 3.03. The number of hydrogen-bond acceptors (Lipinski definition) is 2.